The number of aromatic nitrogens is 1. The number of aryl methyl sites for hydroxylation is 1. The van der Waals surface area contributed by atoms with Crippen LogP contribution in [0.5, 0.6) is 0 Å². The lowest BCUT2D eigenvalue weighted by Gasteiger charge is -2.63. The molecule has 3 saturated heterocycles. The molecule has 0 aliphatic carbocycles. The van der Waals surface area contributed by atoms with Gasteiger partial charge >= 0.3 is 6.18 Å². The Bertz CT molecular complexity index is 710. The Morgan fingerprint density at radius 1 is 1.15 bits per heavy atom. The summed E-state index contributed by atoms with van der Waals surface area (Å²) in [4.78, 5) is 6.46. The zero-order valence-electron chi connectivity index (χ0n) is 15.5. The van der Waals surface area contributed by atoms with E-state index in [9.17, 15) is 17.7 Å². The molecule has 3 aliphatic heterocycles. The van der Waals surface area contributed by atoms with E-state index in [1.807, 2.05) is 4.31 Å². The van der Waals surface area contributed by atoms with E-state index in [1.54, 1.807) is 0 Å². The third-order valence-corrected chi connectivity index (χ3v) is 7.69. The van der Waals surface area contributed by atoms with Crippen LogP contribution in [-0.2, 0) is 22.3 Å². The fourth-order valence-electron chi connectivity index (χ4n) is 4.32. The summed E-state index contributed by atoms with van der Waals surface area (Å²) >= 11 is -1.46. The summed E-state index contributed by atoms with van der Waals surface area (Å²) in [5.41, 5.74) is -0.407. The number of pyridine rings is 1. The van der Waals surface area contributed by atoms with Gasteiger partial charge in [-0.1, -0.05) is 0 Å². The highest BCUT2D eigenvalue weighted by Gasteiger charge is 2.59. The second-order valence-corrected chi connectivity index (χ2v) is 9.74. The number of hydrogen-bond donors (Lipinski definition) is 0. The lowest BCUT2D eigenvalue weighted by molar-refractivity contribution is -0.148. The van der Waals surface area contributed by atoms with Gasteiger partial charge in [-0.15, -0.1) is 4.31 Å². The van der Waals surface area contributed by atoms with Crippen molar-refractivity contribution in [2.24, 2.45) is 5.41 Å². The van der Waals surface area contributed by atoms with E-state index in [0.717, 1.165) is 45.2 Å². The predicted molar refractivity (Wildman–Crippen MR) is 94.4 cm³/mol. The molecule has 4 heterocycles. The Morgan fingerprint density at radius 3 is 2.33 bits per heavy atom. The first-order valence-corrected chi connectivity index (χ1v) is 10.3. The zero-order valence-corrected chi connectivity index (χ0v) is 16.3. The van der Waals surface area contributed by atoms with Crippen LogP contribution in [0.1, 0.15) is 31.2 Å². The molecule has 27 heavy (non-hydrogen) atoms. The smallest absolute Gasteiger partial charge is 0.433 e. The molecule has 0 saturated carbocycles. The standard InChI is InChI=1S/C18H24F3N3O2S/c1-13-14(3-4-15(22-13)18(19,20)21)27(25)24-11-17(12-24)9-23(10-17)16(2)5-7-26-8-6-16/h3-4H,5-12H2,1-2H3. The number of halogens is 3. The third-order valence-electron chi connectivity index (χ3n) is 6.16. The summed E-state index contributed by atoms with van der Waals surface area (Å²) in [6, 6.07) is 2.20. The van der Waals surface area contributed by atoms with Crippen molar-refractivity contribution < 1.29 is 22.5 Å². The Balaban J connectivity index is 1.35. The van der Waals surface area contributed by atoms with Crippen LogP contribution in [0.3, 0.4) is 0 Å². The summed E-state index contributed by atoms with van der Waals surface area (Å²) < 4.78 is 58.3. The molecule has 1 aromatic heterocycles. The van der Waals surface area contributed by atoms with Crippen LogP contribution in [0.15, 0.2) is 17.0 Å². The van der Waals surface area contributed by atoms with Gasteiger partial charge in [0.15, 0.2) is 4.90 Å². The monoisotopic (exact) mass is 403 g/mol. The topological polar surface area (TPSA) is 51.7 Å². The number of ether oxygens (including phenoxy) is 1. The molecule has 5 nitrogen and oxygen atoms in total. The van der Waals surface area contributed by atoms with Crippen LogP contribution < -0.4 is 0 Å². The van der Waals surface area contributed by atoms with Gasteiger partial charge in [-0.25, -0.2) is 4.98 Å². The molecule has 1 spiro atoms. The second kappa shape index (κ2) is 6.59. The summed E-state index contributed by atoms with van der Waals surface area (Å²) in [5.74, 6) is 0. The maximum atomic E-state index is 12.8. The fraction of sp³-hybridized carbons (Fsp3) is 0.722. The van der Waals surface area contributed by atoms with E-state index in [-0.39, 0.29) is 16.6 Å². The lowest BCUT2D eigenvalue weighted by atomic mass is 9.71. The van der Waals surface area contributed by atoms with Gasteiger partial charge in [0.05, 0.1) is 30.1 Å². The van der Waals surface area contributed by atoms with Crippen molar-refractivity contribution in [2.45, 2.75) is 43.3 Å². The first kappa shape index (κ1) is 19.4. The molecule has 1 unspecified atom stereocenters. The fourth-order valence-corrected chi connectivity index (χ4v) is 5.86. The minimum atomic E-state index is -4.48. The molecule has 0 aromatic carbocycles. The molecule has 0 bridgehead atoms. The number of hydrogen-bond acceptors (Lipinski definition) is 5. The number of likely N-dealkylation sites (tertiary alicyclic amines) is 1. The van der Waals surface area contributed by atoms with Crippen molar-refractivity contribution in [2.75, 3.05) is 39.4 Å². The Labute approximate surface area is 160 Å². The van der Waals surface area contributed by atoms with Crippen molar-refractivity contribution in [1.29, 1.82) is 0 Å². The SMILES string of the molecule is Cc1nc(C(F)(F)F)ccc1[S+]([O-])N1CC2(C1)CN(C1(C)CCOCC1)C2. The van der Waals surface area contributed by atoms with Crippen LogP contribution >= 0.6 is 0 Å². The van der Waals surface area contributed by atoms with Crippen molar-refractivity contribution >= 4 is 11.4 Å². The van der Waals surface area contributed by atoms with Crippen LogP contribution in [0.25, 0.3) is 0 Å². The van der Waals surface area contributed by atoms with E-state index in [1.165, 1.54) is 13.0 Å². The maximum absolute atomic E-state index is 12.8. The number of rotatable bonds is 3. The van der Waals surface area contributed by atoms with Crippen molar-refractivity contribution in [3.05, 3.63) is 23.5 Å². The van der Waals surface area contributed by atoms with E-state index in [0.29, 0.717) is 18.0 Å². The van der Waals surface area contributed by atoms with Crippen LogP contribution in [0.4, 0.5) is 13.2 Å². The minimum absolute atomic E-state index is 0.171. The molecule has 3 fully saturated rings. The van der Waals surface area contributed by atoms with Crippen LogP contribution in [-0.4, -0.2) is 63.7 Å². The molecule has 4 rings (SSSR count). The largest absolute Gasteiger partial charge is 0.593 e. The molecular formula is C18H24F3N3O2S. The van der Waals surface area contributed by atoms with Gasteiger partial charge in [0.2, 0.25) is 0 Å². The second-order valence-electron chi connectivity index (χ2n) is 8.29. The maximum Gasteiger partial charge on any atom is 0.433 e. The molecule has 150 valence electrons. The van der Waals surface area contributed by atoms with Gasteiger partial charge in [0.25, 0.3) is 0 Å². The van der Waals surface area contributed by atoms with Gasteiger partial charge in [-0.2, -0.15) is 13.2 Å². The summed E-state index contributed by atoms with van der Waals surface area (Å²) in [6.45, 7) is 8.77. The quantitative estimate of drug-likeness (QED) is 0.727. The third kappa shape index (κ3) is 3.48. The van der Waals surface area contributed by atoms with Crippen LogP contribution in [0.2, 0.25) is 0 Å². The molecule has 9 heteroatoms. The minimum Gasteiger partial charge on any atom is -0.593 e. The highest BCUT2D eigenvalue weighted by molar-refractivity contribution is 7.89. The lowest BCUT2D eigenvalue weighted by Crippen LogP contribution is -2.76. The van der Waals surface area contributed by atoms with Crippen LogP contribution in [0, 0.1) is 12.3 Å². The molecule has 1 aromatic rings. The normalized spacial score (nSPS) is 26.4. The molecule has 0 radical (unpaired) electrons. The molecule has 1 atom stereocenters. The van der Waals surface area contributed by atoms with Gasteiger partial charge in [-0.05, 0) is 38.8 Å². The molecule has 0 amide bonds. The highest BCUT2D eigenvalue weighted by atomic mass is 32.2. The number of alkyl halides is 3. The van der Waals surface area contributed by atoms with E-state index < -0.39 is 23.2 Å². The van der Waals surface area contributed by atoms with E-state index in [4.69, 9.17) is 4.74 Å². The van der Waals surface area contributed by atoms with Gasteiger partial charge in [-0.3, -0.25) is 4.90 Å². The zero-order chi connectivity index (χ0) is 19.4. The van der Waals surface area contributed by atoms with Gasteiger partial charge in [0, 0.05) is 37.3 Å². The first-order chi connectivity index (χ1) is 12.6. The number of nitrogens with zero attached hydrogens (tertiary/aromatic N) is 3. The van der Waals surface area contributed by atoms with Gasteiger partial charge in [0.1, 0.15) is 5.69 Å². The summed E-state index contributed by atoms with van der Waals surface area (Å²) in [7, 11) is 0. The van der Waals surface area contributed by atoms with Crippen molar-refractivity contribution in [3.8, 4) is 0 Å². The van der Waals surface area contributed by atoms with E-state index >= 15 is 0 Å². The van der Waals surface area contributed by atoms with E-state index in [2.05, 4.69) is 16.8 Å². The molecular weight excluding hydrogens is 379 g/mol. The summed E-state index contributed by atoms with van der Waals surface area (Å²) in [6.07, 6.45) is -2.41. The average Bonchev–Trinajstić information content (AvgIpc) is 2.51. The molecule has 3 aliphatic rings. The Hall–Kier alpha value is -0.870. The average molecular weight is 403 g/mol. The summed E-state index contributed by atoms with van der Waals surface area (Å²) in [5, 5.41) is 0. The predicted octanol–water partition coefficient (Wildman–Crippen LogP) is 2.62. The van der Waals surface area contributed by atoms with Crippen molar-refractivity contribution in [1.82, 2.24) is 14.2 Å². The van der Waals surface area contributed by atoms with Gasteiger partial charge < -0.3 is 9.29 Å². The Kier molecular flexibility index (Phi) is 4.74. The highest BCUT2D eigenvalue weighted by Crippen LogP contribution is 2.47. The van der Waals surface area contributed by atoms with Crippen molar-refractivity contribution in [3.63, 3.8) is 0 Å². The first-order valence-electron chi connectivity index (χ1n) is 9.17. The molecule has 0 N–H and O–H groups in total. The Morgan fingerprint density at radius 2 is 1.78 bits per heavy atom.